The van der Waals surface area contributed by atoms with Crippen LogP contribution in [0.15, 0.2) is 121 Å². The predicted octanol–water partition coefficient (Wildman–Crippen LogP) is 5.16. The second-order valence-corrected chi connectivity index (χ2v) is 8.77. The molecule has 0 aromatic heterocycles. The maximum Gasteiger partial charge on any atom is 0.326 e. The van der Waals surface area contributed by atoms with Crippen LogP contribution in [0.5, 0.6) is 0 Å². The highest BCUT2D eigenvalue weighted by molar-refractivity contribution is 6.09. The van der Waals surface area contributed by atoms with Crippen LogP contribution in [0.4, 0.5) is 4.79 Å². The molecule has 0 saturated carbocycles. The van der Waals surface area contributed by atoms with Crippen molar-refractivity contribution in [2.45, 2.75) is 11.6 Å². The van der Waals surface area contributed by atoms with Gasteiger partial charge in [-0.2, -0.15) is 0 Å². The number of hydrogen-bond acceptors (Lipinski definition) is 3. The zero-order valence-electron chi connectivity index (χ0n) is 19.5. The molecule has 4 aromatic carbocycles. The summed E-state index contributed by atoms with van der Waals surface area (Å²) in [5.41, 5.74) is 2.38. The second-order valence-electron chi connectivity index (χ2n) is 8.77. The largest absolute Gasteiger partial charge is 0.326 e. The zero-order valence-corrected chi connectivity index (χ0v) is 19.5. The number of benzene rings is 4. The van der Waals surface area contributed by atoms with E-state index in [1.54, 1.807) is 0 Å². The first-order chi connectivity index (χ1) is 17.1. The Morgan fingerprint density at radius 3 is 1.51 bits per heavy atom. The third-order valence-electron chi connectivity index (χ3n) is 6.56. The van der Waals surface area contributed by atoms with E-state index in [0.717, 1.165) is 22.3 Å². The molecule has 5 nitrogen and oxygen atoms in total. The molecule has 0 atom stereocenters. The quantitative estimate of drug-likeness (QED) is 0.387. The molecule has 0 bridgehead atoms. The summed E-state index contributed by atoms with van der Waals surface area (Å²) < 4.78 is 0. The summed E-state index contributed by atoms with van der Waals surface area (Å²) in [6, 6.07) is 38.6. The number of carbonyl (C=O) groups excluding carboxylic acids is 2. The van der Waals surface area contributed by atoms with Gasteiger partial charge in [0.05, 0.1) is 12.7 Å². The number of carbonyl (C=O) groups is 2. The standard InChI is InChI=1S/C30H27N3O2/c1-32(27(23-14-6-2-7-15-23)24-16-8-3-9-17-24)22-33-28(34)30(31-29(33)35,25-18-10-4-11-19-25)26-20-12-5-13-21-26/h2-21,27H,22H2,1H3,(H,31,35). The summed E-state index contributed by atoms with van der Waals surface area (Å²) >= 11 is 0. The molecule has 35 heavy (non-hydrogen) atoms. The minimum absolute atomic E-state index is 0.124. The van der Waals surface area contributed by atoms with E-state index in [-0.39, 0.29) is 18.6 Å². The minimum atomic E-state index is -1.27. The van der Waals surface area contributed by atoms with Gasteiger partial charge in [0.1, 0.15) is 0 Å². The molecule has 1 heterocycles. The molecule has 1 saturated heterocycles. The third-order valence-corrected chi connectivity index (χ3v) is 6.56. The molecule has 1 fully saturated rings. The van der Waals surface area contributed by atoms with Crippen LogP contribution in [0, 0.1) is 0 Å². The average Bonchev–Trinajstić information content (AvgIpc) is 3.17. The monoisotopic (exact) mass is 461 g/mol. The average molecular weight is 462 g/mol. The molecule has 4 aromatic rings. The van der Waals surface area contributed by atoms with Gasteiger partial charge in [-0.15, -0.1) is 0 Å². The number of nitrogens with one attached hydrogen (secondary N) is 1. The summed E-state index contributed by atoms with van der Waals surface area (Å²) in [7, 11) is 1.94. The fourth-order valence-corrected chi connectivity index (χ4v) is 4.92. The lowest BCUT2D eigenvalue weighted by molar-refractivity contribution is -0.131. The number of rotatable bonds is 7. The SMILES string of the molecule is CN(CN1C(=O)NC(c2ccccc2)(c2ccccc2)C1=O)C(c1ccccc1)c1ccccc1. The van der Waals surface area contributed by atoms with E-state index < -0.39 is 11.6 Å². The van der Waals surface area contributed by atoms with E-state index in [2.05, 4.69) is 29.6 Å². The van der Waals surface area contributed by atoms with Crippen LogP contribution in [0.25, 0.3) is 0 Å². The molecule has 1 N–H and O–H groups in total. The normalized spacial score (nSPS) is 15.0. The summed E-state index contributed by atoms with van der Waals surface area (Å²) in [5, 5.41) is 3.03. The zero-order chi connectivity index (χ0) is 24.3. The van der Waals surface area contributed by atoms with E-state index in [0.29, 0.717) is 0 Å². The minimum Gasteiger partial charge on any atom is -0.315 e. The Balaban J connectivity index is 1.52. The van der Waals surface area contributed by atoms with Crippen LogP contribution < -0.4 is 5.32 Å². The van der Waals surface area contributed by atoms with Crippen molar-refractivity contribution in [2.75, 3.05) is 13.7 Å². The number of hydrogen-bond donors (Lipinski definition) is 1. The molecule has 3 amide bonds. The van der Waals surface area contributed by atoms with Gasteiger partial charge in [-0.3, -0.25) is 9.69 Å². The summed E-state index contributed by atoms with van der Waals surface area (Å²) in [6.45, 7) is 0.139. The van der Waals surface area contributed by atoms with E-state index >= 15 is 0 Å². The number of nitrogens with zero attached hydrogens (tertiary/aromatic N) is 2. The molecular weight excluding hydrogens is 434 g/mol. The molecule has 5 heteroatoms. The topological polar surface area (TPSA) is 52.6 Å². The smallest absolute Gasteiger partial charge is 0.315 e. The Morgan fingerprint density at radius 2 is 1.09 bits per heavy atom. The summed E-state index contributed by atoms with van der Waals surface area (Å²) in [6.07, 6.45) is 0. The van der Waals surface area contributed by atoms with Crippen molar-refractivity contribution in [1.29, 1.82) is 0 Å². The Kier molecular flexibility index (Phi) is 6.17. The maximum atomic E-state index is 14.1. The lowest BCUT2D eigenvalue weighted by Crippen LogP contribution is -2.46. The van der Waals surface area contributed by atoms with E-state index in [9.17, 15) is 9.59 Å². The molecule has 1 aliphatic heterocycles. The van der Waals surface area contributed by atoms with E-state index in [1.807, 2.05) is 109 Å². The highest BCUT2D eigenvalue weighted by atomic mass is 16.2. The Bertz CT molecular complexity index is 1220. The molecule has 0 unspecified atom stereocenters. The highest BCUT2D eigenvalue weighted by Crippen LogP contribution is 2.37. The Hall–Kier alpha value is -4.22. The molecule has 174 valence electrons. The van der Waals surface area contributed by atoms with Crippen LogP contribution in [0.3, 0.4) is 0 Å². The lowest BCUT2D eigenvalue weighted by atomic mass is 9.83. The fourth-order valence-electron chi connectivity index (χ4n) is 4.92. The number of urea groups is 1. The first-order valence-corrected chi connectivity index (χ1v) is 11.7. The van der Waals surface area contributed by atoms with Gasteiger partial charge in [-0.05, 0) is 29.3 Å². The molecular formula is C30H27N3O2. The Labute approximate surface area is 205 Å². The molecule has 5 rings (SSSR count). The van der Waals surface area contributed by atoms with Crippen LogP contribution >= 0.6 is 0 Å². The fraction of sp³-hybridized carbons (Fsp3) is 0.133. The van der Waals surface area contributed by atoms with Crippen molar-refractivity contribution in [3.63, 3.8) is 0 Å². The predicted molar refractivity (Wildman–Crippen MR) is 136 cm³/mol. The molecule has 0 spiro atoms. The summed E-state index contributed by atoms with van der Waals surface area (Å²) in [5.74, 6) is -0.286. The first-order valence-electron chi connectivity index (χ1n) is 11.7. The van der Waals surface area contributed by atoms with Crippen molar-refractivity contribution in [1.82, 2.24) is 15.1 Å². The van der Waals surface area contributed by atoms with E-state index in [1.165, 1.54) is 4.90 Å². The van der Waals surface area contributed by atoms with Gasteiger partial charge in [0, 0.05) is 0 Å². The molecule has 0 radical (unpaired) electrons. The molecule has 0 aliphatic carbocycles. The van der Waals surface area contributed by atoms with Crippen molar-refractivity contribution < 1.29 is 9.59 Å². The second kappa shape index (κ2) is 9.57. The van der Waals surface area contributed by atoms with Crippen molar-refractivity contribution in [2.24, 2.45) is 0 Å². The molecule has 1 aliphatic rings. The van der Waals surface area contributed by atoms with Gasteiger partial charge in [-0.1, -0.05) is 121 Å². The van der Waals surface area contributed by atoms with Gasteiger partial charge in [0.15, 0.2) is 5.54 Å². The number of amides is 3. The lowest BCUT2D eigenvalue weighted by Gasteiger charge is -2.32. The van der Waals surface area contributed by atoms with Gasteiger partial charge in [0.25, 0.3) is 5.91 Å². The van der Waals surface area contributed by atoms with Crippen LogP contribution in [-0.4, -0.2) is 35.5 Å². The summed E-state index contributed by atoms with van der Waals surface area (Å²) in [4.78, 5) is 30.8. The first kappa shape index (κ1) is 22.6. The maximum absolute atomic E-state index is 14.1. The van der Waals surface area contributed by atoms with Gasteiger partial charge >= 0.3 is 6.03 Å². The van der Waals surface area contributed by atoms with Crippen LogP contribution in [0.2, 0.25) is 0 Å². The van der Waals surface area contributed by atoms with E-state index in [4.69, 9.17) is 0 Å². The van der Waals surface area contributed by atoms with Gasteiger partial charge in [0.2, 0.25) is 0 Å². The van der Waals surface area contributed by atoms with Gasteiger partial charge in [-0.25, -0.2) is 9.69 Å². The van der Waals surface area contributed by atoms with Crippen LogP contribution in [-0.2, 0) is 10.3 Å². The van der Waals surface area contributed by atoms with Gasteiger partial charge < -0.3 is 5.32 Å². The highest BCUT2D eigenvalue weighted by Gasteiger charge is 2.54. The van der Waals surface area contributed by atoms with Crippen molar-refractivity contribution >= 4 is 11.9 Å². The Morgan fingerprint density at radius 1 is 0.686 bits per heavy atom. The van der Waals surface area contributed by atoms with Crippen molar-refractivity contribution in [3.05, 3.63) is 144 Å². The van der Waals surface area contributed by atoms with Crippen molar-refractivity contribution in [3.8, 4) is 0 Å². The third kappa shape index (κ3) is 4.11. The number of imide groups is 1. The van der Waals surface area contributed by atoms with Crippen LogP contribution in [0.1, 0.15) is 28.3 Å².